The Morgan fingerprint density at radius 2 is 1.76 bits per heavy atom. The third kappa shape index (κ3) is 4.08. The molecule has 7 nitrogen and oxygen atoms in total. The van der Waals surface area contributed by atoms with Crippen molar-refractivity contribution >= 4 is 11.8 Å². The van der Waals surface area contributed by atoms with E-state index in [4.69, 9.17) is 4.74 Å². The number of esters is 1. The largest absolute Gasteiger partial charge is 0.454 e. The van der Waals surface area contributed by atoms with E-state index in [1.165, 1.54) is 4.57 Å². The molecule has 0 aliphatic carbocycles. The summed E-state index contributed by atoms with van der Waals surface area (Å²) in [6.45, 7) is 8.30. The van der Waals surface area contributed by atoms with Crippen LogP contribution in [0.15, 0.2) is 41.3 Å². The van der Waals surface area contributed by atoms with Crippen LogP contribution < -0.4 is 5.69 Å². The van der Waals surface area contributed by atoms with Gasteiger partial charge in [-0.25, -0.2) is 9.59 Å². The number of ether oxygens (including phenoxy) is 1. The molecule has 0 spiro atoms. The number of hydrogen-bond acceptors (Lipinski definition) is 4. The lowest BCUT2D eigenvalue weighted by atomic mass is 10.1. The summed E-state index contributed by atoms with van der Waals surface area (Å²) in [6.07, 6.45) is 2.59. The van der Waals surface area contributed by atoms with Crippen molar-refractivity contribution < 1.29 is 14.3 Å². The van der Waals surface area contributed by atoms with E-state index in [0.717, 1.165) is 30.0 Å². The number of carbonyl (C=O) groups excluding carboxylic acids is 2. The highest BCUT2D eigenvalue weighted by molar-refractivity contribution is 6.00. The summed E-state index contributed by atoms with van der Waals surface area (Å²) in [6, 6.07) is 8.33. The first kappa shape index (κ1) is 20.4. The molecule has 0 aliphatic rings. The molecular formula is C22H25N3O4. The Hall–Kier alpha value is -3.35. The second-order valence-corrected chi connectivity index (χ2v) is 7.05. The Balaban J connectivity index is 1.67. The highest BCUT2D eigenvalue weighted by Crippen LogP contribution is 2.17. The summed E-state index contributed by atoms with van der Waals surface area (Å²) >= 11 is 0. The summed E-state index contributed by atoms with van der Waals surface area (Å²) in [5, 5.41) is 0. The normalized spacial score (nSPS) is 10.9. The summed E-state index contributed by atoms with van der Waals surface area (Å²) in [5.74, 6) is -0.801. The predicted molar refractivity (Wildman–Crippen MR) is 110 cm³/mol. The molecule has 0 saturated heterocycles. The SMILES string of the molecule is CCCn1c(C)cc(C(=O)COC(=O)c2ccc(-n3c(C)c[nH]c3=O)cc2)c1C. The minimum Gasteiger partial charge on any atom is -0.454 e. The molecule has 0 saturated carbocycles. The van der Waals surface area contributed by atoms with Gasteiger partial charge in [0.25, 0.3) is 0 Å². The summed E-state index contributed by atoms with van der Waals surface area (Å²) < 4.78 is 8.81. The first-order chi connectivity index (χ1) is 13.8. The highest BCUT2D eigenvalue weighted by Gasteiger charge is 2.18. The topological polar surface area (TPSA) is 86.1 Å². The number of nitrogens with one attached hydrogen (secondary N) is 1. The zero-order valence-electron chi connectivity index (χ0n) is 17.1. The lowest BCUT2D eigenvalue weighted by Crippen LogP contribution is -2.17. The molecule has 1 N–H and O–H groups in total. The molecule has 7 heteroatoms. The molecular weight excluding hydrogens is 370 g/mol. The second-order valence-electron chi connectivity index (χ2n) is 7.05. The zero-order chi connectivity index (χ0) is 21.1. The van der Waals surface area contributed by atoms with Crippen LogP contribution in [0.4, 0.5) is 0 Å². The monoisotopic (exact) mass is 395 g/mol. The van der Waals surface area contributed by atoms with Crippen LogP contribution in [0.5, 0.6) is 0 Å². The van der Waals surface area contributed by atoms with Gasteiger partial charge in [-0.15, -0.1) is 0 Å². The first-order valence-corrected chi connectivity index (χ1v) is 9.58. The van der Waals surface area contributed by atoms with E-state index in [1.807, 2.05) is 26.8 Å². The molecule has 0 radical (unpaired) electrons. The Bertz CT molecular complexity index is 1100. The Morgan fingerprint density at radius 3 is 2.34 bits per heavy atom. The van der Waals surface area contributed by atoms with Gasteiger partial charge < -0.3 is 14.3 Å². The third-order valence-corrected chi connectivity index (χ3v) is 4.98. The summed E-state index contributed by atoms with van der Waals surface area (Å²) in [4.78, 5) is 39.3. The summed E-state index contributed by atoms with van der Waals surface area (Å²) in [7, 11) is 0. The summed E-state index contributed by atoms with van der Waals surface area (Å²) in [5.41, 5.74) is 3.97. The lowest BCUT2D eigenvalue weighted by molar-refractivity contribution is 0.0474. The fourth-order valence-electron chi connectivity index (χ4n) is 3.47. The van der Waals surface area contributed by atoms with Gasteiger partial charge in [-0.1, -0.05) is 6.92 Å². The number of aromatic nitrogens is 3. The molecule has 3 aromatic rings. The van der Waals surface area contributed by atoms with Crippen LogP contribution in [0.25, 0.3) is 5.69 Å². The van der Waals surface area contributed by atoms with E-state index < -0.39 is 5.97 Å². The lowest BCUT2D eigenvalue weighted by Gasteiger charge is -2.08. The zero-order valence-corrected chi connectivity index (χ0v) is 17.1. The number of aryl methyl sites for hydroxylation is 2. The van der Waals surface area contributed by atoms with E-state index in [2.05, 4.69) is 16.5 Å². The number of carbonyl (C=O) groups is 2. The number of ketones is 1. The van der Waals surface area contributed by atoms with Crippen molar-refractivity contribution in [3.05, 3.63) is 75.2 Å². The van der Waals surface area contributed by atoms with Crippen molar-refractivity contribution in [2.45, 2.75) is 40.7 Å². The van der Waals surface area contributed by atoms with Crippen LogP contribution in [0.3, 0.4) is 0 Å². The van der Waals surface area contributed by atoms with Gasteiger partial charge >= 0.3 is 11.7 Å². The molecule has 0 aliphatic heterocycles. The van der Waals surface area contributed by atoms with Crippen LogP contribution in [0.2, 0.25) is 0 Å². The van der Waals surface area contributed by atoms with Gasteiger partial charge in [0.2, 0.25) is 5.78 Å². The van der Waals surface area contributed by atoms with Crippen molar-refractivity contribution in [1.82, 2.24) is 14.1 Å². The smallest absolute Gasteiger partial charge is 0.338 e. The number of imidazole rings is 1. The average Bonchev–Trinajstić information content (AvgIpc) is 3.19. The Morgan fingerprint density at radius 1 is 1.07 bits per heavy atom. The molecule has 0 atom stereocenters. The van der Waals surface area contributed by atoms with Gasteiger partial charge in [0.05, 0.1) is 11.3 Å². The van der Waals surface area contributed by atoms with Crippen molar-refractivity contribution in [2.75, 3.05) is 6.61 Å². The molecule has 0 unspecified atom stereocenters. The Labute approximate surface area is 168 Å². The van der Waals surface area contributed by atoms with Gasteiger partial charge in [0.1, 0.15) is 0 Å². The van der Waals surface area contributed by atoms with Crippen LogP contribution >= 0.6 is 0 Å². The molecule has 2 aromatic heterocycles. The van der Waals surface area contributed by atoms with Crippen molar-refractivity contribution in [3.8, 4) is 5.69 Å². The standard InChI is InChI=1S/C22H25N3O4/c1-5-10-24-14(2)11-19(16(24)4)20(26)13-29-21(27)17-6-8-18(9-7-17)25-15(3)12-23-22(25)28/h6-9,11-12H,5,10,13H2,1-4H3,(H,23,28). The molecule has 0 amide bonds. The van der Waals surface area contributed by atoms with Crippen LogP contribution in [0, 0.1) is 20.8 Å². The predicted octanol–water partition coefficient (Wildman–Crippen LogP) is 3.34. The fraction of sp³-hybridized carbons (Fsp3) is 0.318. The molecule has 3 rings (SSSR count). The maximum absolute atomic E-state index is 12.5. The molecule has 0 bridgehead atoms. The number of hydrogen-bond donors (Lipinski definition) is 1. The van der Waals surface area contributed by atoms with Crippen molar-refractivity contribution in [2.24, 2.45) is 0 Å². The number of aromatic amines is 1. The van der Waals surface area contributed by atoms with E-state index in [9.17, 15) is 14.4 Å². The molecule has 152 valence electrons. The number of nitrogens with zero attached hydrogens (tertiary/aromatic N) is 2. The van der Waals surface area contributed by atoms with Gasteiger partial charge in [-0.05, 0) is 57.5 Å². The number of benzene rings is 1. The van der Waals surface area contributed by atoms with E-state index in [-0.39, 0.29) is 18.1 Å². The highest BCUT2D eigenvalue weighted by atomic mass is 16.5. The molecule has 0 fully saturated rings. The number of H-pyrrole nitrogens is 1. The van der Waals surface area contributed by atoms with Crippen molar-refractivity contribution in [3.63, 3.8) is 0 Å². The molecule has 29 heavy (non-hydrogen) atoms. The van der Waals surface area contributed by atoms with Gasteiger partial charge in [0, 0.05) is 35.4 Å². The van der Waals surface area contributed by atoms with Gasteiger partial charge in [0.15, 0.2) is 6.61 Å². The third-order valence-electron chi connectivity index (χ3n) is 4.98. The maximum Gasteiger partial charge on any atom is 0.338 e. The van der Waals surface area contributed by atoms with Crippen molar-refractivity contribution in [1.29, 1.82) is 0 Å². The maximum atomic E-state index is 12.5. The Kier molecular flexibility index (Phi) is 5.87. The minimum absolute atomic E-state index is 0.222. The van der Waals surface area contributed by atoms with E-state index in [1.54, 1.807) is 30.5 Å². The van der Waals surface area contributed by atoms with Gasteiger partial charge in [-0.2, -0.15) is 0 Å². The number of rotatable bonds is 7. The fourth-order valence-corrected chi connectivity index (χ4v) is 3.47. The minimum atomic E-state index is -0.578. The quantitative estimate of drug-likeness (QED) is 0.491. The van der Waals surface area contributed by atoms with Crippen LogP contribution in [-0.4, -0.2) is 32.5 Å². The van der Waals surface area contributed by atoms with E-state index in [0.29, 0.717) is 16.8 Å². The first-order valence-electron chi connectivity index (χ1n) is 9.58. The molecule has 1 aromatic carbocycles. The van der Waals surface area contributed by atoms with Gasteiger partial charge in [-0.3, -0.25) is 9.36 Å². The number of Topliss-reactive ketones (excluding diaryl/α,β-unsaturated/α-hetero) is 1. The molecule has 2 heterocycles. The van der Waals surface area contributed by atoms with E-state index >= 15 is 0 Å². The second kappa shape index (κ2) is 8.34. The van der Waals surface area contributed by atoms with Crippen LogP contribution in [0.1, 0.15) is 51.1 Å². The average molecular weight is 395 g/mol. The van der Waals surface area contributed by atoms with Crippen LogP contribution in [-0.2, 0) is 11.3 Å².